The molecule has 2 bridgehead atoms. The van der Waals surface area contributed by atoms with E-state index in [0.717, 1.165) is 35.8 Å². The van der Waals surface area contributed by atoms with Gasteiger partial charge < -0.3 is 29.3 Å². The minimum Gasteiger partial charge on any atom is -0.497 e. The van der Waals surface area contributed by atoms with Crippen molar-refractivity contribution in [2.75, 3.05) is 61.5 Å². The monoisotopic (exact) mass is 621 g/mol. The van der Waals surface area contributed by atoms with Gasteiger partial charge in [0.15, 0.2) is 0 Å². The number of piperazine rings is 1. The second-order valence-electron chi connectivity index (χ2n) is 12.3. The summed E-state index contributed by atoms with van der Waals surface area (Å²) < 4.78 is 20.8. The first-order valence-corrected chi connectivity index (χ1v) is 15.7. The van der Waals surface area contributed by atoms with Crippen LogP contribution in [-0.2, 0) is 6.54 Å². The largest absolute Gasteiger partial charge is 0.497 e. The van der Waals surface area contributed by atoms with Gasteiger partial charge in [0.25, 0.3) is 17.4 Å². The molecule has 0 saturated carbocycles. The van der Waals surface area contributed by atoms with Gasteiger partial charge in [0, 0.05) is 80.3 Å². The number of carbonyl (C=O) groups excluding carboxylic acids is 2. The van der Waals surface area contributed by atoms with Crippen LogP contribution in [0.3, 0.4) is 0 Å². The molecule has 3 aliphatic rings. The lowest BCUT2D eigenvalue weighted by Crippen LogP contribution is -2.49. The van der Waals surface area contributed by atoms with Crippen molar-refractivity contribution in [1.82, 2.24) is 9.47 Å². The second kappa shape index (κ2) is 12.3. The summed E-state index contributed by atoms with van der Waals surface area (Å²) in [6.07, 6.45) is 0.996. The number of piperidine rings is 1. The summed E-state index contributed by atoms with van der Waals surface area (Å²) in [4.78, 5) is 46.0. The SMILES string of the molecule is COc1ccc(N2CCN(C(=O)c3ccc(N4C[C@H]5C[C@@H](C4)c4cccc(=O)n4C5)c(NC(=O)c4ccc(F)cc4)c3)CC2)cc1. The van der Waals surface area contributed by atoms with Crippen molar-refractivity contribution in [3.05, 3.63) is 118 Å². The number of methoxy groups -OCH3 is 1. The number of aromatic nitrogens is 1. The zero-order chi connectivity index (χ0) is 31.8. The van der Waals surface area contributed by atoms with Crippen LogP contribution >= 0.6 is 0 Å². The first-order valence-electron chi connectivity index (χ1n) is 15.7. The molecule has 0 unspecified atom stereocenters. The average Bonchev–Trinajstić information content (AvgIpc) is 3.09. The van der Waals surface area contributed by atoms with E-state index in [-0.39, 0.29) is 29.2 Å². The fraction of sp³-hybridized carbons (Fsp3) is 0.306. The van der Waals surface area contributed by atoms with Crippen molar-refractivity contribution in [2.45, 2.75) is 18.9 Å². The van der Waals surface area contributed by atoms with Crippen LogP contribution in [0.25, 0.3) is 0 Å². The van der Waals surface area contributed by atoms with Crippen LogP contribution in [0.15, 0.2) is 89.7 Å². The molecule has 4 heterocycles. The van der Waals surface area contributed by atoms with E-state index in [1.165, 1.54) is 24.3 Å². The summed E-state index contributed by atoms with van der Waals surface area (Å²) in [5.74, 6) is 0.350. The quantitative estimate of drug-likeness (QED) is 0.332. The maximum atomic E-state index is 13.8. The molecule has 2 amide bonds. The van der Waals surface area contributed by atoms with Crippen LogP contribution in [0.2, 0.25) is 0 Å². The normalized spacial score (nSPS) is 19.0. The number of anilines is 3. The minimum atomic E-state index is -0.420. The molecule has 2 atom stereocenters. The predicted octanol–water partition coefficient (Wildman–Crippen LogP) is 4.83. The highest BCUT2D eigenvalue weighted by atomic mass is 19.1. The number of nitrogens with zero attached hydrogens (tertiary/aromatic N) is 4. The van der Waals surface area contributed by atoms with Gasteiger partial charge in [0.05, 0.1) is 18.5 Å². The number of ether oxygens (including phenoxy) is 1. The number of nitrogens with one attached hydrogen (secondary N) is 1. The van der Waals surface area contributed by atoms with Gasteiger partial charge >= 0.3 is 0 Å². The fourth-order valence-corrected chi connectivity index (χ4v) is 7.08. The Balaban J connectivity index is 1.13. The van der Waals surface area contributed by atoms with Crippen molar-refractivity contribution in [2.24, 2.45) is 5.92 Å². The van der Waals surface area contributed by atoms with E-state index in [4.69, 9.17) is 4.74 Å². The van der Waals surface area contributed by atoms with Crippen LogP contribution in [0.5, 0.6) is 5.75 Å². The van der Waals surface area contributed by atoms with Crippen LogP contribution in [0, 0.1) is 11.7 Å². The van der Waals surface area contributed by atoms with Crippen LogP contribution in [0.1, 0.15) is 38.7 Å². The summed E-state index contributed by atoms with van der Waals surface area (Å²) in [5, 5.41) is 3.03. The molecule has 2 saturated heterocycles. The third-order valence-corrected chi connectivity index (χ3v) is 9.42. The molecule has 1 N–H and O–H groups in total. The van der Waals surface area contributed by atoms with Gasteiger partial charge in [-0.05, 0) is 85.1 Å². The summed E-state index contributed by atoms with van der Waals surface area (Å²) in [7, 11) is 1.64. The highest BCUT2D eigenvalue weighted by molar-refractivity contribution is 6.07. The van der Waals surface area contributed by atoms with Gasteiger partial charge in [0.1, 0.15) is 11.6 Å². The first kappa shape index (κ1) is 29.6. The number of amides is 2. The predicted molar refractivity (Wildman–Crippen MR) is 176 cm³/mol. The Labute approximate surface area is 266 Å². The van der Waals surface area contributed by atoms with E-state index >= 15 is 0 Å². The molecule has 1 aromatic heterocycles. The first-order chi connectivity index (χ1) is 22.4. The molecule has 3 aromatic carbocycles. The summed E-state index contributed by atoms with van der Waals surface area (Å²) in [6.45, 7) is 4.59. The zero-order valence-electron chi connectivity index (χ0n) is 25.7. The standard InChI is InChI=1S/C36H36FN5O4/c1-46-30-12-10-29(11-13-30)39-15-17-40(18-16-39)36(45)26-7-14-33(31(20-26)38-35(44)25-5-8-28(37)9-6-25)41-21-24-19-27(23-41)32-3-2-4-34(43)42(32)22-24/h2-14,20,24,27H,15-19,21-23H2,1H3,(H,38,44)/t24-,27+/m1/s1. The van der Waals surface area contributed by atoms with E-state index in [1.54, 1.807) is 19.2 Å². The van der Waals surface area contributed by atoms with Gasteiger partial charge in [-0.1, -0.05) is 6.07 Å². The minimum absolute atomic E-state index is 0.0283. The molecule has 0 radical (unpaired) electrons. The van der Waals surface area contributed by atoms with Gasteiger partial charge in [0.2, 0.25) is 0 Å². The highest BCUT2D eigenvalue weighted by Crippen LogP contribution is 2.39. The third kappa shape index (κ3) is 5.82. The van der Waals surface area contributed by atoms with Crippen molar-refractivity contribution < 1.29 is 18.7 Å². The van der Waals surface area contributed by atoms with Gasteiger partial charge in [-0.15, -0.1) is 0 Å². The van der Waals surface area contributed by atoms with Crippen molar-refractivity contribution in [3.63, 3.8) is 0 Å². The number of hydrogen-bond acceptors (Lipinski definition) is 6. The molecule has 7 rings (SSSR count). The average molecular weight is 622 g/mol. The molecule has 46 heavy (non-hydrogen) atoms. The fourth-order valence-electron chi connectivity index (χ4n) is 7.08. The topological polar surface area (TPSA) is 87.1 Å². The Morgan fingerprint density at radius 2 is 1.57 bits per heavy atom. The number of carbonyl (C=O) groups is 2. The van der Waals surface area contributed by atoms with Crippen molar-refractivity contribution in [1.29, 1.82) is 0 Å². The number of rotatable bonds is 6. The Morgan fingerprint density at radius 1 is 0.826 bits per heavy atom. The number of benzene rings is 3. The van der Waals surface area contributed by atoms with E-state index in [2.05, 4.69) is 15.1 Å². The Morgan fingerprint density at radius 3 is 2.30 bits per heavy atom. The van der Waals surface area contributed by atoms with E-state index in [0.29, 0.717) is 56.1 Å². The number of halogens is 1. The third-order valence-electron chi connectivity index (χ3n) is 9.42. The van der Waals surface area contributed by atoms with E-state index in [1.807, 2.05) is 58.0 Å². The molecule has 0 spiro atoms. The van der Waals surface area contributed by atoms with E-state index in [9.17, 15) is 18.8 Å². The van der Waals surface area contributed by atoms with Crippen molar-refractivity contribution in [3.8, 4) is 5.75 Å². The maximum absolute atomic E-state index is 13.8. The number of hydrogen-bond donors (Lipinski definition) is 1. The van der Waals surface area contributed by atoms with Gasteiger partial charge in [-0.3, -0.25) is 14.4 Å². The molecular formula is C36H36FN5O4. The molecule has 3 aliphatic heterocycles. The molecule has 2 fully saturated rings. The molecular weight excluding hydrogens is 585 g/mol. The molecule has 10 heteroatoms. The Hall–Kier alpha value is -5.12. The summed E-state index contributed by atoms with van der Waals surface area (Å²) >= 11 is 0. The zero-order valence-corrected chi connectivity index (χ0v) is 25.7. The summed E-state index contributed by atoms with van der Waals surface area (Å²) in [5.41, 5.74) is 4.31. The molecule has 4 aromatic rings. The maximum Gasteiger partial charge on any atom is 0.255 e. The van der Waals surface area contributed by atoms with Crippen LogP contribution < -0.4 is 25.4 Å². The Bertz CT molecular complexity index is 1820. The van der Waals surface area contributed by atoms with Gasteiger partial charge in [-0.2, -0.15) is 0 Å². The van der Waals surface area contributed by atoms with Crippen molar-refractivity contribution >= 4 is 28.9 Å². The Kier molecular flexibility index (Phi) is 7.94. The smallest absolute Gasteiger partial charge is 0.255 e. The van der Waals surface area contributed by atoms with Crippen LogP contribution in [-0.4, -0.2) is 67.7 Å². The lowest BCUT2D eigenvalue weighted by molar-refractivity contribution is 0.0746. The number of fused-ring (bicyclic) bond motifs is 4. The van der Waals surface area contributed by atoms with Crippen LogP contribution in [0.4, 0.5) is 21.5 Å². The highest BCUT2D eigenvalue weighted by Gasteiger charge is 2.35. The number of pyridine rings is 1. The molecule has 9 nitrogen and oxygen atoms in total. The lowest BCUT2D eigenvalue weighted by Gasteiger charge is -2.44. The second-order valence-corrected chi connectivity index (χ2v) is 12.3. The molecule has 236 valence electrons. The lowest BCUT2D eigenvalue weighted by atomic mass is 9.83. The van der Waals surface area contributed by atoms with Gasteiger partial charge in [-0.25, -0.2) is 4.39 Å². The van der Waals surface area contributed by atoms with E-state index < -0.39 is 5.82 Å². The molecule has 0 aliphatic carbocycles. The summed E-state index contributed by atoms with van der Waals surface area (Å²) in [6, 6.07) is 24.3.